The molecule has 5 rings (SSSR count). The van der Waals surface area contributed by atoms with E-state index in [1.165, 1.54) is 28.0 Å². The highest BCUT2D eigenvalue weighted by atomic mass is 32.1. The highest BCUT2D eigenvalue weighted by molar-refractivity contribution is 7.24. The summed E-state index contributed by atoms with van der Waals surface area (Å²) in [6, 6.07) is 20.4. The summed E-state index contributed by atoms with van der Waals surface area (Å²) >= 11 is 1.30. The number of benzene rings is 3. The first-order valence-electron chi connectivity index (χ1n) is 9.34. The van der Waals surface area contributed by atoms with Crippen molar-refractivity contribution >= 4 is 31.6 Å². The van der Waals surface area contributed by atoms with Gasteiger partial charge in [-0.25, -0.2) is 9.37 Å². The minimum absolute atomic E-state index is 0.0603. The van der Waals surface area contributed by atoms with Gasteiger partial charge < -0.3 is 0 Å². The molecule has 0 atom stereocenters. The second-order valence-electron chi connectivity index (χ2n) is 7.03. The van der Waals surface area contributed by atoms with Gasteiger partial charge in [-0.15, -0.1) is 11.3 Å². The highest BCUT2D eigenvalue weighted by Crippen LogP contribution is 2.26. The molecule has 4 nitrogen and oxygen atoms in total. The summed E-state index contributed by atoms with van der Waals surface area (Å²) in [6.07, 6.45) is 0. The Bertz CT molecular complexity index is 1540. The number of halogens is 1. The molecule has 5 aromatic rings. The predicted octanol–water partition coefficient (Wildman–Crippen LogP) is 5.08. The molecule has 0 unspecified atom stereocenters. The zero-order valence-corrected chi connectivity index (χ0v) is 16.7. The molecule has 3 aromatic carbocycles. The van der Waals surface area contributed by atoms with Crippen LogP contribution in [0, 0.1) is 12.7 Å². The molecule has 0 aliphatic heterocycles. The molecular weight excluding hydrogens is 399 g/mol. The van der Waals surface area contributed by atoms with Crippen molar-refractivity contribution in [2.75, 3.05) is 0 Å². The van der Waals surface area contributed by atoms with Crippen molar-refractivity contribution < 1.29 is 4.39 Å². The number of hydrogen-bond acceptors (Lipinski definition) is 4. The van der Waals surface area contributed by atoms with E-state index in [-0.39, 0.29) is 16.6 Å². The van der Waals surface area contributed by atoms with Gasteiger partial charge in [-0.3, -0.25) is 14.2 Å². The Hall–Kier alpha value is -3.64. The molecule has 0 fully saturated rings. The van der Waals surface area contributed by atoms with Crippen molar-refractivity contribution in [3.63, 3.8) is 0 Å². The van der Waals surface area contributed by atoms with Crippen molar-refractivity contribution in [2.24, 2.45) is 0 Å². The Morgan fingerprint density at radius 1 is 0.900 bits per heavy atom. The van der Waals surface area contributed by atoms with Gasteiger partial charge in [-0.2, -0.15) is 0 Å². The molecule has 6 heteroatoms. The molecule has 0 amide bonds. The summed E-state index contributed by atoms with van der Waals surface area (Å²) < 4.78 is 15.7. The van der Waals surface area contributed by atoms with Crippen molar-refractivity contribution in [3.8, 4) is 17.1 Å². The third kappa shape index (κ3) is 2.93. The lowest BCUT2D eigenvalue weighted by Gasteiger charge is -2.14. The molecular formula is C24H15FN2O2S. The largest absolute Gasteiger partial charge is 0.288 e. The maximum Gasteiger partial charge on any atom is 0.271 e. The molecule has 0 N–H and O–H groups in total. The van der Waals surface area contributed by atoms with Crippen molar-refractivity contribution in [1.82, 2.24) is 9.55 Å². The second-order valence-corrected chi connectivity index (χ2v) is 8.06. The molecule has 2 aromatic heterocycles. The van der Waals surface area contributed by atoms with E-state index < -0.39 is 5.56 Å². The molecule has 2 heterocycles. The fraction of sp³-hybridized carbons (Fsp3) is 0.0417. The maximum atomic E-state index is 13.6. The molecule has 0 saturated carbocycles. The van der Waals surface area contributed by atoms with E-state index in [9.17, 15) is 14.0 Å². The zero-order chi connectivity index (χ0) is 20.8. The van der Waals surface area contributed by atoms with Crippen LogP contribution in [-0.2, 0) is 0 Å². The van der Waals surface area contributed by atoms with Gasteiger partial charge in [0.05, 0.1) is 5.69 Å². The third-order valence-corrected chi connectivity index (χ3v) is 6.07. The Kier molecular flexibility index (Phi) is 4.29. The molecule has 146 valence electrons. The summed E-state index contributed by atoms with van der Waals surface area (Å²) in [4.78, 5) is 31.8. The number of rotatable bonds is 2. The first kappa shape index (κ1) is 18.4. The predicted molar refractivity (Wildman–Crippen MR) is 119 cm³/mol. The Morgan fingerprint density at radius 3 is 2.33 bits per heavy atom. The Labute approximate surface area is 174 Å². The minimum Gasteiger partial charge on any atom is -0.288 e. The van der Waals surface area contributed by atoms with E-state index in [1.54, 1.807) is 24.3 Å². The van der Waals surface area contributed by atoms with Crippen LogP contribution < -0.4 is 11.0 Å². The second kappa shape index (κ2) is 7.00. The number of fused-ring (bicyclic) bond motifs is 2. The standard InChI is InChI=1S/C24H15FN2O2S/c1-14-6-12-17(13-7-14)27-22(15-8-10-16(25)11-9-15)26-23-20(24(27)29)21(28)18-4-2-3-5-19(18)30-23/h2-13H,1H3. The van der Waals surface area contributed by atoms with Crippen LogP contribution in [-0.4, -0.2) is 9.55 Å². The van der Waals surface area contributed by atoms with Gasteiger partial charge in [-0.05, 0) is 55.5 Å². The van der Waals surface area contributed by atoms with Crippen molar-refractivity contribution in [3.05, 3.63) is 105 Å². The van der Waals surface area contributed by atoms with Crippen molar-refractivity contribution in [2.45, 2.75) is 6.92 Å². The normalized spacial score (nSPS) is 11.3. The first-order chi connectivity index (χ1) is 14.5. The van der Waals surface area contributed by atoms with E-state index >= 15 is 0 Å². The molecule has 0 aliphatic carbocycles. The fourth-order valence-corrected chi connectivity index (χ4v) is 4.52. The van der Waals surface area contributed by atoms with Gasteiger partial charge in [0.1, 0.15) is 21.9 Å². The molecule has 0 radical (unpaired) electrons. The summed E-state index contributed by atoms with van der Waals surface area (Å²) in [5.41, 5.74) is 1.46. The SMILES string of the molecule is Cc1ccc(-n2c(-c3ccc(F)cc3)nc3sc4ccccc4c(=O)c3c2=O)cc1. The van der Waals surface area contributed by atoms with Crippen LogP contribution in [0.4, 0.5) is 4.39 Å². The molecule has 0 bridgehead atoms. The van der Waals surface area contributed by atoms with Gasteiger partial charge in [0, 0.05) is 15.6 Å². The van der Waals surface area contributed by atoms with Gasteiger partial charge in [0.15, 0.2) is 0 Å². The summed E-state index contributed by atoms with van der Waals surface area (Å²) in [6.45, 7) is 1.95. The van der Waals surface area contributed by atoms with Gasteiger partial charge in [0.25, 0.3) is 5.56 Å². The van der Waals surface area contributed by atoms with Crippen LogP contribution in [0.2, 0.25) is 0 Å². The van der Waals surface area contributed by atoms with E-state index in [0.717, 1.165) is 10.3 Å². The number of aromatic nitrogens is 2. The van der Waals surface area contributed by atoms with Crippen LogP contribution in [0.5, 0.6) is 0 Å². The quantitative estimate of drug-likeness (QED) is 0.379. The first-order valence-corrected chi connectivity index (χ1v) is 10.2. The molecule has 30 heavy (non-hydrogen) atoms. The fourth-order valence-electron chi connectivity index (χ4n) is 3.48. The molecule has 0 aliphatic rings. The number of aryl methyl sites for hydroxylation is 1. The Balaban J connectivity index is 1.95. The summed E-state index contributed by atoms with van der Waals surface area (Å²) in [5.74, 6) is -0.0123. The number of hydrogen-bond donors (Lipinski definition) is 0. The van der Waals surface area contributed by atoms with Crippen molar-refractivity contribution in [1.29, 1.82) is 0 Å². The zero-order valence-electron chi connectivity index (χ0n) is 15.9. The van der Waals surface area contributed by atoms with Crippen LogP contribution in [0.3, 0.4) is 0 Å². The van der Waals surface area contributed by atoms with Crippen LogP contribution in [0.15, 0.2) is 82.4 Å². The minimum atomic E-state index is -0.435. The third-order valence-electron chi connectivity index (χ3n) is 5.01. The molecule has 0 spiro atoms. The summed E-state index contributed by atoms with van der Waals surface area (Å²) in [7, 11) is 0. The molecule has 0 saturated heterocycles. The average Bonchev–Trinajstić information content (AvgIpc) is 2.75. The topological polar surface area (TPSA) is 52.0 Å². The maximum absolute atomic E-state index is 13.6. The van der Waals surface area contributed by atoms with E-state index in [4.69, 9.17) is 4.98 Å². The lowest BCUT2D eigenvalue weighted by molar-refractivity contribution is 0.628. The monoisotopic (exact) mass is 414 g/mol. The van der Waals surface area contributed by atoms with Gasteiger partial charge in [0.2, 0.25) is 5.43 Å². The highest BCUT2D eigenvalue weighted by Gasteiger charge is 2.18. The number of nitrogens with zero attached hydrogens (tertiary/aromatic N) is 2. The summed E-state index contributed by atoms with van der Waals surface area (Å²) in [5, 5.41) is 0.559. The smallest absolute Gasteiger partial charge is 0.271 e. The lowest BCUT2D eigenvalue weighted by atomic mass is 10.1. The average molecular weight is 414 g/mol. The van der Waals surface area contributed by atoms with Crippen LogP contribution >= 0.6 is 11.3 Å². The Morgan fingerprint density at radius 2 is 1.60 bits per heavy atom. The van der Waals surface area contributed by atoms with Gasteiger partial charge >= 0.3 is 0 Å². The van der Waals surface area contributed by atoms with E-state index in [1.807, 2.05) is 43.3 Å². The van der Waals surface area contributed by atoms with Crippen LogP contribution in [0.25, 0.3) is 37.4 Å². The van der Waals surface area contributed by atoms with Crippen LogP contribution in [0.1, 0.15) is 5.56 Å². The lowest BCUT2D eigenvalue weighted by Crippen LogP contribution is -2.26. The van der Waals surface area contributed by atoms with E-state index in [2.05, 4.69) is 0 Å². The van der Waals surface area contributed by atoms with Gasteiger partial charge in [-0.1, -0.05) is 29.8 Å². The van der Waals surface area contributed by atoms with E-state index in [0.29, 0.717) is 27.3 Å².